The first kappa shape index (κ1) is 29.7. The van der Waals surface area contributed by atoms with Crippen LogP contribution in [0.5, 0.6) is 5.75 Å². The van der Waals surface area contributed by atoms with E-state index in [4.69, 9.17) is 27.9 Å². The maximum atomic E-state index is 13.8. The lowest BCUT2D eigenvalue weighted by Gasteiger charge is -2.34. The molecule has 0 saturated carbocycles. The minimum absolute atomic E-state index is 0.0194. The molecule has 2 rings (SSSR count). The molecule has 2 aromatic carbocycles. The first-order chi connectivity index (χ1) is 16.7. The first-order valence-electron chi connectivity index (χ1n) is 11.3. The van der Waals surface area contributed by atoms with Crippen LogP contribution in [0.25, 0.3) is 0 Å². The molecular weight excluding hydrogens is 525 g/mol. The molecule has 198 valence electrons. The van der Waals surface area contributed by atoms with E-state index in [-0.39, 0.29) is 18.1 Å². The molecule has 0 aromatic heterocycles. The summed E-state index contributed by atoms with van der Waals surface area (Å²) < 4.78 is 31.8. The lowest BCUT2D eigenvalue weighted by Crippen LogP contribution is -2.55. The largest absolute Gasteiger partial charge is 0.495 e. The third kappa shape index (κ3) is 8.01. The van der Waals surface area contributed by atoms with E-state index in [0.717, 1.165) is 10.6 Å². The molecule has 0 fully saturated rings. The number of carbonyl (C=O) groups is 2. The Kier molecular flexibility index (Phi) is 10.0. The third-order valence-electron chi connectivity index (χ3n) is 5.27. The highest BCUT2D eigenvalue weighted by Gasteiger charge is 2.34. The molecule has 1 atom stereocenters. The van der Waals surface area contributed by atoms with E-state index in [2.05, 4.69) is 5.32 Å². The summed E-state index contributed by atoms with van der Waals surface area (Å²) in [6, 6.07) is 10.5. The van der Waals surface area contributed by atoms with Crippen molar-refractivity contribution in [2.45, 2.75) is 52.2 Å². The first-order valence-corrected chi connectivity index (χ1v) is 13.9. The summed E-state index contributed by atoms with van der Waals surface area (Å²) in [6.45, 7) is 6.75. The molecule has 0 spiro atoms. The Bertz CT molecular complexity index is 1200. The van der Waals surface area contributed by atoms with E-state index in [1.54, 1.807) is 49.4 Å². The summed E-state index contributed by atoms with van der Waals surface area (Å²) in [6.07, 6.45) is 1.31. The summed E-state index contributed by atoms with van der Waals surface area (Å²) in [4.78, 5) is 28.3. The fraction of sp³-hybridized carbons (Fsp3) is 0.440. The van der Waals surface area contributed by atoms with Crippen LogP contribution in [0, 0.1) is 0 Å². The molecule has 0 aliphatic rings. The van der Waals surface area contributed by atoms with Crippen molar-refractivity contribution in [1.29, 1.82) is 0 Å². The second-order valence-corrected chi connectivity index (χ2v) is 12.1. The number of hydrogen-bond acceptors (Lipinski definition) is 5. The van der Waals surface area contributed by atoms with E-state index in [9.17, 15) is 18.0 Å². The normalized spacial score (nSPS) is 12.6. The Labute approximate surface area is 223 Å². The van der Waals surface area contributed by atoms with Crippen molar-refractivity contribution >= 4 is 50.7 Å². The number of nitrogens with one attached hydrogen (secondary N) is 1. The Balaban J connectivity index is 2.53. The number of halogens is 2. The highest BCUT2D eigenvalue weighted by molar-refractivity contribution is 7.92. The number of hydrogen-bond donors (Lipinski definition) is 1. The molecule has 0 aliphatic heterocycles. The molecule has 0 saturated heterocycles. The molecule has 0 heterocycles. The van der Waals surface area contributed by atoms with Gasteiger partial charge in [-0.05, 0) is 57.0 Å². The molecule has 0 unspecified atom stereocenters. The number of benzene rings is 2. The van der Waals surface area contributed by atoms with E-state index in [1.807, 2.05) is 20.8 Å². The number of anilines is 1. The molecule has 1 N–H and O–H groups in total. The van der Waals surface area contributed by atoms with Gasteiger partial charge in [-0.3, -0.25) is 13.9 Å². The van der Waals surface area contributed by atoms with Crippen molar-refractivity contribution in [3.8, 4) is 5.75 Å². The molecule has 36 heavy (non-hydrogen) atoms. The lowest BCUT2D eigenvalue weighted by molar-refractivity contribution is -0.141. The minimum Gasteiger partial charge on any atom is -0.495 e. The van der Waals surface area contributed by atoms with Crippen molar-refractivity contribution in [2.75, 3.05) is 24.2 Å². The Hall–Kier alpha value is -2.49. The van der Waals surface area contributed by atoms with Crippen molar-refractivity contribution in [3.63, 3.8) is 0 Å². The number of amides is 2. The van der Waals surface area contributed by atoms with Gasteiger partial charge in [-0.2, -0.15) is 0 Å². The maximum Gasteiger partial charge on any atom is 0.244 e. The zero-order chi connectivity index (χ0) is 27.3. The summed E-state index contributed by atoms with van der Waals surface area (Å²) in [5.41, 5.74) is 0.250. The number of rotatable bonds is 10. The van der Waals surface area contributed by atoms with E-state index < -0.39 is 34.1 Å². The monoisotopic (exact) mass is 557 g/mol. The van der Waals surface area contributed by atoms with Gasteiger partial charge >= 0.3 is 0 Å². The second kappa shape index (κ2) is 12.2. The summed E-state index contributed by atoms with van der Waals surface area (Å²) in [5, 5.41) is 3.67. The summed E-state index contributed by atoms with van der Waals surface area (Å²) in [5.74, 6) is -0.638. The zero-order valence-corrected chi connectivity index (χ0v) is 23.7. The predicted octanol–water partition coefficient (Wildman–Crippen LogP) is 4.49. The molecule has 2 aromatic rings. The van der Waals surface area contributed by atoms with Crippen LogP contribution >= 0.6 is 23.2 Å². The maximum absolute atomic E-state index is 13.8. The fourth-order valence-electron chi connectivity index (χ4n) is 3.64. The molecule has 0 bridgehead atoms. The number of methoxy groups -OCH3 is 1. The van der Waals surface area contributed by atoms with Gasteiger partial charge in [0, 0.05) is 22.1 Å². The van der Waals surface area contributed by atoms with Gasteiger partial charge < -0.3 is 15.0 Å². The number of carbonyl (C=O) groups excluding carboxylic acids is 2. The van der Waals surface area contributed by atoms with Crippen LogP contribution < -0.4 is 14.4 Å². The van der Waals surface area contributed by atoms with Crippen molar-refractivity contribution in [1.82, 2.24) is 10.2 Å². The van der Waals surface area contributed by atoms with Crippen LogP contribution in [-0.4, -0.2) is 56.6 Å². The zero-order valence-electron chi connectivity index (χ0n) is 21.3. The smallest absolute Gasteiger partial charge is 0.244 e. The highest BCUT2D eigenvalue weighted by atomic mass is 35.5. The highest BCUT2D eigenvalue weighted by Crippen LogP contribution is 2.30. The SMILES string of the molecule is CC[C@@H](C(=O)NC(C)(C)C)N(Cc1ccc(Cl)cc1Cl)C(=O)CN(c1ccccc1OC)S(C)(=O)=O. The topological polar surface area (TPSA) is 96.0 Å². The van der Waals surface area contributed by atoms with E-state index >= 15 is 0 Å². The van der Waals surface area contributed by atoms with Gasteiger partial charge in [0.05, 0.1) is 19.1 Å². The summed E-state index contributed by atoms with van der Waals surface area (Å²) >= 11 is 12.4. The molecular formula is C25H33Cl2N3O5S. The van der Waals surface area contributed by atoms with Crippen LogP contribution in [0.4, 0.5) is 5.69 Å². The van der Waals surface area contributed by atoms with Crippen LogP contribution in [0.15, 0.2) is 42.5 Å². The Morgan fingerprint density at radius 3 is 2.28 bits per heavy atom. The van der Waals surface area contributed by atoms with Gasteiger partial charge in [0.15, 0.2) is 0 Å². The van der Waals surface area contributed by atoms with Gasteiger partial charge in [0.25, 0.3) is 0 Å². The van der Waals surface area contributed by atoms with Crippen molar-refractivity contribution in [3.05, 3.63) is 58.1 Å². The lowest BCUT2D eigenvalue weighted by atomic mass is 10.1. The predicted molar refractivity (Wildman–Crippen MR) is 144 cm³/mol. The van der Waals surface area contributed by atoms with Crippen LogP contribution in [0.1, 0.15) is 39.7 Å². The fourth-order valence-corrected chi connectivity index (χ4v) is 4.96. The van der Waals surface area contributed by atoms with Crippen LogP contribution in [-0.2, 0) is 26.2 Å². The molecule has 0 radical (unpaired) electrons. The molecule has 11 heteroatoms. The number of ether oxygens (including phenoxy) is 1. The van der Waals surface area contributed by atoms with Crippen molar-refractivity contribution in [2.24, 2.45) is 0 Å². The number of nitrogens with zero attached hydrogens (tertiary/aromatic N) is 2. The van der Waals surface area contributed by atoms with Crippen LogP contribution in [0.3, 0.4) is 0 Å². The third-order valence-corrected chi connectivity index (χ3v) is 6.99. The number of sulfonamides is 1. The average Bonchev–Trinajstić information content (AvgIpc) is 2.76. The minimum atomic E-state index is -3.89. The standard InChI is InChI=1S/C25H33Cl2N3O5S/c1-7-20(24(32)28-25(2,3)4)29(15-17-12-13-18(26)14-19(17)27)23(31)16-30(36(6,33)34)21-10-8-9-11-22(21)35-5/h8-14,20H,7,15-16H2,1-6H3,(H,28,32)/t20-/m0/s1. The Morgan fingerprint density at radius 1 is 1.11 bits per heavy atom. The van der Waals surface area contributed by atoms with Gasteiger partial charge in [0.1, 0.15) is 18.3 Å². The molecule has 2 amide bonds. The average molecular weight is 559 g/mol. The quantitative estimate of drug-likeness (QED) is 0.464. The van der Waals surface area contributed by atoms with Crippen molar-refractivity contribution < 1.29 is 22.7 Å². The van der Waals surface area contributed by atoms with Gasteiger partial charge in [0.2, 0.25) is 21.8 Å². The molecule has 8 nitrogen and oxygen atoms in total. The molecule has 0 aliphatic carbocycles. The van der Waals surface area contributed by atoms with Gasteiger partial charge in [-0.1, -0.05) is 48.3 Å². The Morgan fingerprint density at radius 2 is 1.75 bits per heavy atom. The van der Waals surface area contributed by atoms with Gasteiger partial charge in [-0.25, -0.2) is 8.42 Å². The van der Waals surface area contributed by atoms with E-state index in [1.165, 1.54) is 12.0 Å². The summed E-state index contributed by atoms with van der Waals surface area (Å²) in [7, 11) is -2.47. The van der Waals surface area contributed by atoms with Crippen LogP contribution in [0.2, 0.25) is 10.0 Å². The van der Waals surface area contributed by atoms with Gasteiger partial charge in [-0.15, -0.1) is 0 Å². The second-order valence-electron chi connectivity index (χ2n) is 9.36. The van der Waals surface area contributed by atoms with E-state index in [0.29, 0.717) is 27.8 Å². The number of para-hydroxylation sites is 2.